The summed E-state index contributed by atoms with van der Waals surface area (Å²) in [5.41, 5.74) is 1.17. The molecule has 0 radical (unpaired) electrons. The van der Waals surface area contributed by atoms with Gasteiger partial charge in [0.1, 0.15) is 5.58 Å². The van der Waals surface area contributed by atoms with Crippen molar-refractivity contribution in [2.75, 3.05) is 6.54 Å². The van der Waals surface area contributed by atoms with E-state index in [1.165, 1.54) is 6.92 Å². The van der Waals surface area contributed by atoms with Gasteiger partial charge in [-0.25, -0.2) is 4.79 Å². The normalized spacial score (nSPS) is 12.0. The van der Waals surface area contributed by atoms with Crippen LogP contribution in [0.2, 0.25) is 5.02 Å². The topological polar surface area (TPSA) is 68.5 Å². The number of aryl methyl sites for hydroxylation is 1. The molecule has 2 aromatic rings. The van der Waals surface area contributed by atoms with Crippen LogP contribution in [0.3, 0.4) is 0 Å². The lowest BCUT2D eigenvalue weighted by atomic mass is 10.1. The molecular formula is C16H16ClNO4. The lowest BCUT2D eigenvalue weighted by Gasteiger charge is -2.11. The second kappa shape index (κ2) is 6.66. The Morgan fingerprint density at radius 2 is 2.23 bits per heavy atom. The van der Waals surface area contributed by atoms with E-state index < -0.39 is 18.0 Å². The molecule has 1 unspecified atom stereocenters. The van der Waals surface area contributed by atoms with Crippen LogP contribution < -0.4 is 5.32 Å². The molecule has 1 heterocycles. The number of hydrogen-bond acceptors (Lipinski definition) is 4. The molecule has 1 aromatic carbocycles. The molecule has 1 N–H and O–H groups in total. The molecular weight excluding hydrogens is 306 g/mol. The van der Waals surface area contributed by atoms with Gasteiger partial charge < -0.3 is 14.5 Å². The van der Waals surface area contributed by atoms with Crippen LogP contribution in [0.15, 0.2) is 35.3 Å². The first kappa shape index (κ1) is 16.1. The van der Waals surface area contributed by atoms with E-state index >= 15 is 0 Å². The molecule has 0 saturated heterocycles. The molecule has 6 heteroatoms. The third kappa shape index (κ3) is 3.31. The van der Waals surface area contributed by atoms with Crippen LogP contribution in [0, 0.1) is 6.92 Å². The van der Waals surface area contributed by atoms with Crippen molar-refractivity contribution < 1.29 is 18.7 Å². The Bertz CT molecular complexity index is 735. The summed E-state index contributed by atoms with van der Waals surface area (Å²) in [5.74, 6) is -1.02. The van der Waals surface area contributed by atoms with Crippen molar-refractivity contribution in [3.8, 4) is 0 Å². The van der Waals surface area contributed by atoms with Crippen LogP contribution in [-0.4, -0.2) is 24.5 Å². The molecule has 22 heavy (non-hydrogen) atoms. The molecule has 0 aliphatic heterocycles. The highest BCUT2D eigenvalue weighted by atomic mass is 35.5. The molecule has 0 spiro atoms. The van der Waals surface area contributed by atoms with Gasteiger partial charge in [-0.3, -0.25) is 4.79 Å². The van der Waals surface area contributed by atoms with Crippen molar-refractivity contribution in [2.45, 2.75) is 20.0 Å². The molecule has 0 fully saturated rings. The second-order valence-electron chi connectivity index (χ2n) is 4.78. The van der Waals surface area contributed by atoms with Crippen molar-refractivity contribution >= 4 is 34.4 Å². The average molecular weight is 322 g/mol. The van der Waals surface area contributed by atoms with Crippen molar-refractivity contribution in [1.29, 1.82) is 0 Å². The van der Waals surface area contributed by atoms with E-state index in [1.807, 2.05) is 0 Å². The minimum absolute atomic E-state index is 0.0700. The van der Waals surface area contributed by atoms with E-state index in [9.17, 15) is 9.59 Å². The molecule has 5 nitrogen and oxygen atoms in total. The van der Waals surface area contributed by atoms with E-state index in [0.29, 0.717) is 22.7 Å². The quantitative estimate of drug-likeness (QED) is 0.678. The van der Waals surface area contributed by atoms with Crippen molar-refractivity contribution in [3.05, 3.63) is 47.2 Å². The monoisotopic (exact) mass is 321 g/mol. The maximum Gasteiger partial charge on any atom is 0.375 e. The number of halogens is 1. The number of carbonyl (C=O) groups excluding carboxylic acids is 2. The molecule has 0 bridgehead atoms. The number of nitrogens with one attached hydrogen (secondary N) is 1. The minimum atomic E-state index is -0.927. The summed E-state index contributed by atoms with van der Waals surface area (Å²) in [7, 11) is 0. The molecule has 116 valence electrons. The highest BCUT2D eigenvalue weighted by molar-refractivity contribution is 6.31. The van der Waals surface area contributed by atoms with Gasteiger partial charge in [-0.05, 0) is 32.0 Å². The molecule has 1 atom stereocenters. The van der Waals surface area contributed by atoms with Gasteiger partial charge >= 0.3 is 5.97 Å². The first-order chi connectivity index (χ1) is 10.4. The summed E-state index contributed by atoms with van der Waals surface area (Å²) in [5, 5.41) is 3.84. The number of hydrogen-bond donors (Lipinski definition) is 1. The van der Waals surface area contributed by atoms with Gasteiger partial charge in [-0.15, -0.1) is 6.58 Å². The van der Waals surface area contributed by atoms with E-state index in [-0.39, 0.29) is 5.76 Å². The van der Waals surface area contributed by atoms with Gasteiger partial charge in [0.25, 0.3) is 5.91 Å². The number of amides is 1. The van der Waals surface area contributed by atoms with Crippen LogP contribution in [0.4, 0.5) is 0 Å². The summed E-state index contributed by atoms with van der Waals surface area (Å²) >= 11 is 5.94. The van der Waals surface area contributed by atoms with Crippen LogP contribution in [0.5, 0.6) is 0 Å². The molecule has 2 rings (SSSR count). The largest absolute Gasteiger partial charge is 0.449 e. The van der Waals surface area contributed by atoms with E-state index in [1.54, 1.807) is 31.2 Å². The number of furan rings is 1. The van der Waals surface area contributed by atoms with Gasteiger partial charge in [0, 0.05) is 22.5 Å². The SMILES string of the molecule is C=CCNC(=O)C(C)OC(=O)c1oc2ccc(Cl)cc2c1C. The van der Waals surface area contributed by atoms with E-state index in [4.69, 9.17) is 20.8 Å². The predicted octanol–water partition coefficient (Wildman–Crippen LogP) is 3.24. The van der Waals surface area contributed by atoms with Crippen LogP contribution in [-0.2, 0) is 9.53 Å². The maximum absolute atomic E-state index is 12.2. The molecule has 1 amide bonds. The Labute approximate surface area is 132 Å². The summed E-state index contributed by atoms with van der Waals surface area (Å²) in [6.45, 7) is 7.03. The molecule has 0 aliphatic rings. The number of fused-ring (bicyclic) bond motifs is 1. The summed E-state index contributed by atoms with van der Waals surface area (Å²) < 4.78 is 10.6. The Morgan fingerprint density at radius 3 is 2.91 bits per heavy atom. The average Bonchev–Trinajstić information content (AvgIpc) is 2.81. The second-order valence-corrected chi connectivity index (χ2v) is 5.21. The lowest BCUT2D eigenvalue weighted by Crippen LogP contribution is -2.35. The number of esters is 1. The van der Waals surface area contributed by atoms with Crippen molar-refractivity contribution in [1.82, 2.24) is 5.32 Å². The Morgan fingerprint density at radius 1 is 1.50 bits per heavy atom. The first-order valence-electron chi connectivity index (χ1n) is 6.72. The standard InChI is InChI=1S/C16H16ClNO4/c1-4-7-18-15(19)10(3)21-16(20)14-9(2)12-8-11(17)5-6-13(12)22-14/h4-6,8,10H,1,7H2,2-3H3,(H,18,19). The highest BCUT2D eigenvalue weighted by Crippen LogP contribution is 2.28. The number of rotatable bonds is 5. The fraction of sp³-hybridized carbons (Fsp3) is 0.250. The van der Waals surface area contributed by atoms with Gasteiger partial charge in [0.15, 0.2) is 6.10 Å². The molecule has 1 aromatic heterocycles. The van der Waals surface area contributed by atoms with Crippen molar-refractivity contribution in [2.24, 2.45) is 0 Å². The Kier molecular flexibility index (Phi) is 4.88. The zero-order chi connectivity index (χ0) is 16.3. The van der Waals surface area contributed by atoms with Crippen molar-refractivity contribution in [3.63, 3.8) is 0 Å². The fourth-order valence-electron chi connectivity index (χ4n) is 1.97. The molecule has 0 saturated carbocycles. The number of benzene rings is 1. The summed E-state index contributed by atoms with van der Waals surface area (Å²) in [6.07, 6.45) is 0.614. The first-order valence-corrected chi connectivity index (χ1v) is 7.10. The smallest absolute Gasteiger partial charge is 0.375 e. The number of ether oxygens (including phenoxy) is 1. The van der Waals surface area contributed by atoms with Crippen LogP contribution in [0.25, 0.3) is 11.0 Å². The maximum atomic E-state index is 12.2. The van der Waals surface area contributed by atoms with E-state index in [2.05, 4.69) is 11.9 Å². The summed E-state index contributed by atoms with van der Waals surface area (Å²) in [6, 6.07) is 5.07. The molecule has 0 aliphatic carbocycles. The van der Waals surface area contributed by atoms with Gasteiger partial charge in [-0.2, -0.15) is 0 Å². The highest BCUT2D eigenvalue weighted by Gasteiger charge is 2.23. The third-order valence-electron chi connectivity index (χ3n) is 3.16. The van der Waals surface area contributed by atoms with Crippen LogP contribution >= 0.6 is 11.6 Å². The third-order valence-corrected chi connectivity index (χ3v) is 3.39. The summed E-state index contributed by atoms with van der Waals surface area (Å²) in [4.78, 5) is 23.8. The van der Waals surface area contributed by atoms with Gasteiger partial charge in [0.2, 0.25) is 5.76 Å². The van der Waals surface area contributed by atoms with Gasteiger partial charge in [0.05, 0.1) is 0 Å². The lowest BCUT2D eigenvalue weighted by molar-refractivity contribution is -0.128. The van der Waals surface area contributed by atoms with Crippen LogP contribution in [0.1, 0.15) is 23.0 Å². The minimum Gasteiger partial charge on any atom is -0.449 e. The fourth-order valence-corrected chi connectivity index (χ4v) is 2.14. The Balaban J connectivity index is 2.17. The zero-order valence-corrected chi connectivity index (χ0v) is 13.1. The Hall–Kier alpha value is -2.27. The number of carbonyl (C=O) groups is 2. The van der Waals surface area contributed by atoms with Gasteiger partial charge in [-0.1, -0.05) is 17.7 Å². The zero-order valence-electron chi connectivity index (χ0n) is 12.3. The predicted molar refractivity (Wildman–Crippen MR) is 84.0 cm³/mol. The van der Waals surface area contributed by atoms with E-state index in [0.717, 1.165) is 5.39 Å².